The molecule has 0 radical (unpaired) electrons. The molecule has 11 unspecified atom stereocenters. The van der Waals surface area contributed by atoms with Gasteiger partial charge >= 0.3 is 6.09 Å². The number of carbonyl (C=O) groups excluding carboxylic acids is 3. The van der Waals surface area contributed by atoms with Crippen LogP contribution in [0.1, 0.15) is 360 Å². The lowest BCUT2D eigenvalue weighted by Crippen LogP contribution is -2.54. The van der Waals surface area contributed by atoms with Crippen LogP contribution in [0, 0.1) is 46.3 Å². The summed E-state index contributed by atoms with van der Waals surface area (Å²) in [5.41, 5.74) is 2.22. The Kier molecular flexibility index (Phi) is 38.2. The number of ether oxygens (including phenoxy) is 4. The fraction of sp³-hybridized carbons (Fsp3) is 0.774. The molecular formula is C93H151N3O8. The van der Waals surface area contributed by atoms with E-state index in [1.807, 2.05) is 83.8 Å². The van der Waals surface area contributed by atoms with Crippen molar-refractivity contribution in [3.05, 3.63) is 95.6 Å². The molecule has 3 amide bonds. The lowest BCUT2D eigenvalue weighted by atomic mass is 9.44. The maximum Gasteiger partial charge on any atom is 0.407 e. The normalized spacial score (nSPS) is 24.0. The number of rotatable bonds is 53. The van der Waals surface area contributed by atoms with Gasteiger partial charge in [-0.05, 0) is 184 Å². The number of unbranched alkanes of at least 4 members (excludes halogenated alkanes) is 32. The molecule has 586 valence electrons. The van der Waals surface area contributed by atoms with Gasteiger partial charge in [0, 0.05) is 39.0 Å². The monoisotopic (exact) mass is 1440 g/mol. The smallest absolute Gasteiger partial charge is 0.407 e. The first-order chi connectivity index (χ1) is 50.8. The van der Waals surface area contributed by atoms with Crippen molar-refractivity contribution < 1.29 is 38.4 Å². The predicted molar refractivity (Wildman–Crippen MR) is 430 cm³/mol. The molecule has 3 aromatic carbocycles. The lowest BCUT2D eigenvalue weighted by Gasteiger charge is -2.61. The highest BCUT2D eigenvalue weighted by Crippen LogP contribution is 2.68. The molecule has 4 aliphatic carbocycles. The van der Waals surface area contributed by atoms with E-state index in [0.29, 0.717) is 72.8 Å². The number of fused-ring (bicyclic) bond motifs is 5. The van der Waals surface area contributed by atoms with E-state index in [9.17, 15) is 19.5 Å². The first kappa shape index (κ1) is 85.0. The summed E-state index contributed by atoms with van der Waals surface area (Å²) < 4.78 is 24.6. The number of nitrogens with zero attached hydrogens (tertiary/aromatic N) is 2. The Bertz CT molecular complexity index is 2730. The summed E-state index contributed by atoms with van der Waals surface area (Å²) in [5.74, 6) is 5.94. The number of carbonyl (C=O) groups is 3. The van der Waals surface area contributed by atoms with Gasteiger partial charge in [-0.2, -0.15) is 0 Å². The second kappa shape index (κ2) is 46.7. The van der Waals surface area contributed by atoms with Crippen LogP contribution in [0.2, 0.25) is 0 Å². The predicted octanol–water partition coefficient (Wildman–Crippen LogP) is 24.2. The van der Waals surface area contributed by atoms with Crippen LogP contribution in [0.25, 0.3) is 0 Å². The van der Waals surface area contributed by atoms with E-state index < -0.39 is 17.7 Å². The number of β-amino-alcohol motifs (C(OH)–C–C–N with tert-alkyl or cyclic N) is 1. The topological polar surface area (TPSA) is 127 Å². The highest BCUT2D eigenvalue weighted by Gasteiger charge is 2.61. The zero-order valence-corrected chi connectivity index (χ0v) is 67.4. The average molecular weight is 1440 g/mol. The fourth-order valence-corrected chi connectivity index (χ4v) is 20.9. The minimum atomic E-state index is -1.14. The van der Waals surface area contributed by atoms with Crippen LogP contribution < -0.4 is 14.8 Å². The van der Waals surface area contributed by atoms with Gasteiger partial charge in [-0.1, -0.05) is 288 Å². The summed E-state index contributed by atoms with van der Waals surface area (Å²) in [4.78, 5) is 46.6. The van der Waals surface area contributed by atoms with Crippen LogP contribution in [-0.4, -0.2) is 91.5 Å². The molecule has 0 spiro atoms. The molecule has 2 N–H and O–H groups in total. The summed E-state index contributed by atoms with van der Waals surface area (Å²) in [5, 5.41) is 14.5. The molecule has 4 saturated carbocycles. The van der Waals surface area contributed by atoms with Gasteiger partial charge in [0.05, 0.1) is 33.0 Å². The minimum absolute atomic E-state index is 0.0246. The van der Waals surface area contributed by atoms with Crippen LogP contribution >= 0.6 is 0 Å². The Hall–Kier alpha value is -4.61. The van der Waals surface area contributed by atoms with E-state index in [2.05, 4.69) is 44.8 Å². The third-order valence-electron chi connectivity index (χ3n) is 27.1. The molecular weight excluding hydrogens is 1290 g/mol. The third-order valence-corrected chi connectivity index (χ3v) is 27.1. The molecule has 11 heteroatoms. The number of aliphatic hydroxyl groups excluding tert-OH is 1. The molecule has 3 aromatic rings. The maximum absolute atomic E-state index is 14.5. The number of methoxy groups -OCH3 is 2. The van der Waals surface area contributed by atoms with Gasteiger partial charge < -0.3 is 39.2 Å². The standard InChI is InChI=1S/C93H151N3O8/c1-8-10-12-14-16-18-20-22-24-26-28-30-32-34-36-44-68-95(69-45-37-35-33-31-29-27-25-23-21-19-17-15-13-11-9-2)88(98)62-49-74(3)84-60-61-85-83-59-54-78-70-82(63-65-91(78,4)86(83)64-66-92(84,85)5)104-90(100)94-67-43-39-42-48-89(99)96-72-79(97)71-87(96)93(76-50-55-80(101-6)56-51-76,77-52-57-81(102-7)58-53-77)103-73-75-46-40-38-41-47-75/h38,40-41,46-47,50-53,55-58,74,78-79,82-87,97H,8-37,39,42-45,48-49,54,59-73H2,1-7H3,(H,94,100). The van der Waals surface area contributed by atoms with Crippen molar-refractivity contribution in [1.29, 1.82) is 0 Å². The van der Waals surface area contributed by atoms with E-state index in [1.54, 1.807) is 14.2 Å². The SMILES string of the molecule is CCCCCCCCCCCCCCCCCCN(CCCCCCCCCCCCCCCCCC)C(=O)CCC(C)C1CCC2C3CCC4CC(OC(=O)NCCCCCC(=O)N5CC(O)CC5C(OCc5ccccc5)(c5ccc(OC)cc5)c5ccc(OC)cc5)CCC4(C)C3CCC12C. The number of aliphatic hydroxyl groups is 1. The maximum atomic E-state index is 14.5. The zero-order chi connectivity index (χ0) is 73.7. The minimum Gasteiger partial charge on any atom is -0.497 e. The Labute approximate surface area is 635 Å². The van der Waals surface area contributed by atoms with Crippen LogP contribution in [0.15, 0.2) is 78.9 Å². The van der Waals surface area contributed by atoms with Gasteiger partial charge in [-0.25, -0.2) is 4.79 Å². The van der Waals surface area contributed by atoms with Gasteiger partial charge in [0.15, 0.2) is 0 Å². The van der Waals surface area contributed by atoms with Crippen molar-refractivity contribution in [3.8, 4) is 11.5 Å². The highest BCUT2D eigenvalue weighted by molar-refractivity contribution is 5.77. The fourth-order valence-electron chi connectivity index (χ4n) is 20.9. The number of benzene rings is 3. The molecule has 5 aliphatic rings. The number of hydrogen-bond acceptors (Lipinski definition) is 8. The van der Waals surface area contributed by atoms with Gasteiger partial charge in [-0.15, -0.1) is 0 Å². The summed E-state index contributed by atoms with van der Waals surface area (Å²) >= 11 is 0. The number of nitrogens with one attached hydrogen (secondary N) is 1. The quantitative estimate of drug-likeness (QED) is 0.0535. The van der Waals surface area contributed by atoms with Gasteiger partial charge in [-0.3, -0.25) is 9.59 Å². The second-order valence-electron chi connectivity index (χ2n) is 34.3. The van der Waals surface area contributed by atoms with Crippen LogP contribution in [0.3, 0.4) is 0 Å². The van der Waals surface area contributed by atoms with Crippen molar-refractivity contribution in [1.82, 2.24) is 15.1 Å². The molecule has 5 fully saturated rings. The first-order valence-electron chi connectivity index (χ1n) is 43.9. The highest BCUT2D eigenvalue weighted by atomic mass is 16.6. The average Bonchev–Trinajstić information content (AvgIpc) is 1.39. The number of likely N-dealkylation sites (tertiary alicyclic amines) is 1. The second-order valence-corrected chi connectivity index (χ2v) is 34.3. The van der Waals surface area contributed by atoms with E-state index in [4.69, 9.17) is 18.9 Å². The van der Waals surface area contributed by atoms with Crippen LogP contribution in [0.5, 0.6) is 11.5 Å². The number of amides is 3. The van der Waals surface area contributed by atoms with Gasteiger partial charge in [0.25, 0.3) is 0 Å². The van der Waals surface area contributed by atoms with E-state index >= 15 is 0 Å². The molecule has 1 aliphatic heterocycles. The van der Waals surface area contributed by atoms with Crippen molar-refractivity contribution in [2.45, 2.75) is 373 Å². The van der Waals surface area contributed by atoms with Crippen molar-refractivity contribution in [3.63, 3.8) is 0 Å². The Morgan fingerprint density at radius 3 is 1.54 bits per heavy atom. The largest absolute Gasteiger partial charge is 0.497 e. The molecule has 8 rings (SSSR count). The molecule has 1 saturated heterocycles. The van der Waals surface area contributed by atoms with Gasteiger partial charge in [0.2, 0.25) is 11.8 Å². The molecule has 1 heterocycles. The third kappa shape index (κ3) is 25.8. The van der Waals surface area contributed by atoms with Crippen molar-refractivity contribution >= 4 is 17.9 Å². The Morgan fingerprint density at radius 2 is 1.03 bits per heavy atom. The molecule has 11 atom stereocenters. The summed E-state index contributed by atoms with van der Waals surface area (Å²) in [6.07, 6.45) is 58.3. The lowest BCUT2D eigenvalue weighted by molar-refractivity contribution is -0.141. The van der Waals surface area contributed by atoms with E-state index in [1.165, 1.54) is 231 Å². The van der Waals surface area contributed by atoms with Gasteiger partial charge in [0.1, 0.15) is 23.2 Å². The van der Waals surface area contributed by atoms with E-state index in [-0.39, 0.29) is 36.7 Å². The summed E-state index contributed by atoms with van der Waals surface area (Å²) in [7, 11) is 3.30. The number of alkyl carbamates (subject to hydrolysis) is 1. The van der Waals surface area contributed by atoms with Crippen molar-refractivity contribution in [2.75, 3.05) is 40.4 Å². The van der Waals surface area contributed by atoms with Crippen LogP contribution in [-0.2, 0) is 31.3 Å². The zero-order valence-electron chi connectivity index (χ0n) is 67.4. The van der Waals surface area contributed by atoms with Crippen molar-refractivity contribution in [2.24, 2.45) is 46.3 Å². The number of hydrogen-bond donors (Lipinski definition) is 2. The summed E-state index contributed by atoms with van der Waals surface area (Å²) in [6, 6.07) is 25.3. The molecule has 0 bridgehead atoms. The summed E-state index contributed by atoms with van der Waals surface area (Å²) in [6.45, 7) is 15.3. The van der Waals surface area contributed by atoms with E-state index in [0.717, 1.165) is 98.9 Å². The molecule has 104 heavy (non-hydrogen) atoms. The molecule has 0 aromatic heterocycles. The Balaban J connectivity index is 0.743. The molecule has 11 nitrogen and oxygen atoms in total. The Morgan fingerprint density at radius 1 is 0.548 bits per heavy atom. The first-order valence-corrected chi connectivity index (χ1v) is 43.9. The van der Waals surface area contributed by atoms with Crippen LogP contribution in [0.4, 0.5) is 4.79 Å².